The lowest BCUT2D eigenvalue weighted by atomic mass is 9.75. The van der Waals surface area contributed by atoms with E-state index in [0.717, 1.165) is 19.3 Å². The summed E-state index contributed by atoms with van der Waals surface area (Å²) in [7, 11) is 1.75. The fraction of sp³-hybridized carbons (Fsp3) is 0.706. The normalized spacial score (nSPS) is 16.2. The fourth-order valence-corrected chi connectivity index (χ4v) is 2.87. The van der Waals surface area contributed by atoms with E-state index in [9.17, 15) is 9.59 Å². The van der Waals surface area contributed by atoms with E-state index in [2.05, 4.69) is 10.3 Å². The van der Waals surface area contributed by atoms with Gasteiger partial charge in [0.25, 0.3) is 5.91 Å². The molecule has 134 valence electrons. The lowest BCUT2D eigenvalue weighted by Gasteiger charge is -2.48. The van der Waals surface area contributed by atoms with Crippen LogP contribution < -0.4 is 5.32 Å². The first kappa shape index (κ1) is 18.3. The fourth-order valence-electron chi connectivity index (χ4n) is 2.87. The summed E-state index contributed by atoms with van der Waals surface area (Å²) >= 11 is 0. The van der Waals surface area contributed by atoms with Gasteiger partial charge in [-0.05, 0) is 47.0 Å². The summed E-state index contributed by atoms with van der Waals surface area (Å²) in [4.78, 5) is 30.5. The highest BCUT2D eigenvalue weighted by molar-refractivity contribution is 5.93. The van der Waals surface area contributed by atoms with Gasteiger partial charge >= 0.3 is 6.09 Å². The van der Waals surface area contributed by atoms with Crippen molar-refractivity contribution >= 4 is 12.0 Å². The second-order valence-corrected chi connectivity index (χ2v) is 7.44. The summed E-state index contributed by atoms with van der Waals surface area (Å²) in [6.45, 7) is 9.26. The van der Waals surface area contributed by atoms with Crippen molar-refractivity contribution in [2.24, 2.45) is 0 Å². The third kappa shape index (κ3) is 3.88. The second-order valence-electron chi connectivity index (χ2n) is 7.44. The van der Waals surface area contributed by atoms with Gasteiger partial charge in [-0.2, -0.15) is 0 Å². The van der Waals surface area contributed by atoms with Crippen molar-refractivity contribution < 1.29 is 18.7 Å². The molecule has 1 aromatic rings. The van der Waals surface area contributed by atoms with Gasteiger partial charge in [0.15, 0.2) is 11.6 Å². The van der Waals surface area contributed by atoms with Crippen LogP contribution in [0.3, 0.4) is 0 Å². The molecule has 1 saturated carbocycles. The average Bonchev–Trinajstić information content (AvgIpc) is 2.73. The maximum Gasteiger partial charge on any atom is 0.407 e. The number of rotatable bonds is 4. The highest BCUT2D eigenvalue weighted by atomic mass is 16.6. The largest absolute Gasteiger partial charge is 0.445 e. The van der Waals surface area contributed by atoms with Crippen molar-refractivity contribution in [1.82, 2.24) is 15.2 Å². The summed E-state index contributed by atoms with van der Waals surface area (Å²) in [5, 5.41) is 2.79. The number of aromatic nitrogens is 1. The predicted molar refractivity (Wildman–Crippen MR) is 88.9 cm³/mol. The number of hydrogen-bond donors (Lipinski definition) is 1. The van der Waals surface area contributed by atoms with Crippen LogP contribution in [-0.2, 0) is 4.74 Å². The number of aryl methyl sites for hydroxylation is 2. The monoisotopic (exact) mass is 337 g/mol. The first-order valence-electron chi connectivity index (χ1n) is 8.23. The van der Waals surface area contributed by atoms with Crippen molar-refractivity contribution in [3.8, 4) is 0 Å². The number of hydrogen-bond acceptors (Lipinski definition) is 5. The summed E-state index contributed by atoms with van der Waals surface area (Å²) in [6, 6.07) is 0. The quantitative estimate of drug-likeness (QED) is 0.913. The molecule has 0 spiro atoms. The molecule has 0 saturated heterocycles. The van der Waals surface area contributed by atoms with Crippen LogP contribution in [0.5, 0.6) is 0 Å². The molecule has 7 heteroatoms. The molecule has 7 nitrogen and oxygen atoms in total. The van der Waals surface area contributed by atoms with Gasteiger partial charge in [0.2, 0.25) is 0 Å². The number of nitrogens with one attached hydrogen (secondary N) is 1. The SMILES string of the molecule is Cc1nc(C(=O)N(C)C2(CNC(=O)OC(C)(C)C)CCC2)c(C)o1. The molecular weight excluding hydrogens is 310 g/mol. The topological polar surface area (TPSA) is 84.7 Å². The summed E-state index contributed by atoms with van der Waals surface area (Å²) in [6.07, 6.45) is 2.22. The number of alkyl carbamates (subject to hydrolysis) is 1. The number of carbonyl (C=O) groups is 2. The highest BCUT2D eigenvalue weighted by Gasteiger charge is 2.44. The molecule has 24 heavy (non-hydrogen) atoms. The second kappa shape index (κ2) is 6.45. The lowest BCUT2D eigenvalue weighted by molar-refractivity contribution is 0.0200. The minimum atomic E-state index is -0.548. The van der Waals surface area contributed by atoms with Crippen molar-refractivity contribution in [2.45, 2.75) is 65.0 Å². The van der Waals surface area contributed by atoms with E-state index in [0.29, 0.717) is 23.9 Å². The Hall–Kier alpha value is -2.05. The molecule has 0 radical (unpaired) electrons. The van der Waals surface area contributed by atoms with Crippen LogP contribution in [0.25, 0.3) is 0 Å². The molecule has 1 fully saturated rings. The van der Waals surface area contributed by atoms with Crippen LogP contribution in [0.1, 0.15) is 62.2 Å². The van der Waals surface area contributed by atoms with Gasteiger partial charge in [-0.15, -0.1) is 0 Å². The Labute approximate surface area is 142 Å². The molecule has 0 unspecified atom stereocenters. The standard InChI is InChI=1S/C17H27N3O4/c1-11-13(19-12(2)23-11)14(21)20(6)17(8-7-9-17)10-18-15(22)24-16(3,4)5/h7-10H2,1-6H3,(H,18,22). The summed E-state index contributed by atoms with van der Waals surface area (Å²) < 4.78 is 10.6. The molecule has 1 aliphatic rings. The molecule has 1 aliphatic carbocycles. The zero-order chi connectivity index (χ0) is 18.1. The van der Waals surface area contributed by atoms with E-state index in [4.69, 9.17) is 9.15 Å². The zero-order valence-corrected chi connectivity index (χ0v) is 15.4. The number of oxazole rings is 1. The van der Waals surface area contributed by atoms with Gasteiger partial charge in [-0.25, -0.2) is 9.78 Å². The van der Waals surface area contributed by atoms with Crippen LogP contribution >= 0.6 is 0 Å². The van der Waals surface area contributed by atoms with E-state index in [-0.39, 0.29) is 5.91 Å². The molecule has 0 aliphatic heterocycles. The highest BCUT2D eigenvalue weighted by Crippen LogP contribution is 2.37. The maximum atomic E-state index is 12.8. The average molecular weight is 337 g/mol. The Bertz CT molecular complexity index is 626. The van der Waals surface area contributed by atoms with Gasteiger partial charge in [-0.1, -0.05) is 0 Å². The Balaban J connectivity index is 2.05. The summed E-state index contributed by atoms with van der Waals surface area (Å²) in [5.74, 6) is 0.799. The molecule has 1 aromatic heterocycles. The summed E-state index contributed by atoms with van der Waals surface area (Å²) in [5.41, 5.74) is -0.611. The Morgan fingerprint density at radius 1 is 1.33 bits per heavy atom. The van der Waals surface area contributed by atoms with Crippen molar-refractivity contribution in [3.05, 3.63) is 17.3 Å². The lowest BCUT2D eigenvalue weighted by Crippen LogP contribution is -2.60. The predicted octanol–water partition coefficient (Wildman–Crippen LogP) is 2.81. The maximum absolute atomic E-state index is 12.8. The smallest absolute Gasteiger partial charge is 0.407 e. The molecule has 0 atom stereocenters. The van der Waals surface area contributed by atoms with Gasteiger partial charge in [0.05, 0.1) is 5.54 Å². The van der Waals surface area contributed by atoms with Crippen LogP contribution in [0.2, 0.25) is 0 Å². The molecule has 1 heterocycles. The number of ether oxygens (including phenoxy) is 1. The molecular formula is C17H27N3O4. The van der Waals surface area contributed by atoms with Crippen molar-refractivity contribution in [2.75, 3.05) is 13.6 Å². The molecule has 2 amide bonds. The van der Waals surface area contributed by atoms with Crippen LogP contribution in [0.4, 0.5) is 4.79 Å². The molecule has 0 bridgehead atoms. The van der Waals surface area contributed by atoms with Gasteiger partial charge in [-0.3, -0.25) is 4.79 Å². The van der Waals surface area contributed by atoms with Crippen molar-refractivity contribution in [3.63, 3.8) is 0 Å². The zero-order valence-electron chi connectivity index (χ0n) is 15.4. The van der Waals surface area contributed by atoms with Crippen molar-refractivity contribution in [1.29, 1.82) is 0 Å². The Morgan fingerprint density at radius 3 is 2.38 bits per heavy atom. The first-order valence-corrected chi connectivity index (χ1v) is 8.23. The molecule has 1 N–H and O–H groups in total. The Morgan fingerprint density at radius 2 is 1.96 bits per heavy atom. The number of likely N-dealkylation sites (N-methyl/N-ethyl adjacent to an activating group) is 1. The number of nitrogens with zero attached hydrogens (tertiary/aromatic N) is 2. The van der Waals surface area contributed by atoms with Crippen LogP contribution in [0.15, 0.2) is 4.42 Å². The van der Waals surface area contributed by atoms with Gasteiger partial charge < -0.3 is 19.4 Å². The third-order valence-electron chi connectivity index (χ3n) is 4.37. The van der Waals surface area contributed by atoms with Crippen LogP contribution in [0, 0.1) is 13.8 Å². The van der Waals surface area contributed by atoms with E-state index in [1.54, 1.807) is 25.8 Å². The van der Waals surface area contributed by atoms with E-state index in [1.165, 1.54) is 0 Å². The number of amides is 2. The minimum absolute atomic E-state index is 0.185. The third-order valence-corrected chi connectivity index (χ3v) is 4.37. The molecule has 0 aromatic carbocycles. The first-order chi connectivity index (χ1) is 11.0. The van der Waals surface area contributed by atoms with Gasteiger partial charge in [0.1, 0.15) is 11.4 Å². The Kier molecular flexibility index (Phi) is 4.92. The molecule has 2 rings (SSSR count). The van der Waals surface area contributed by atoms with E-state index >= 15 is 0 Å². The van der Waals surface area contributed by atoms with E-state index < -0.39 is 17.2 Å². The van der Waals surface area contributed by atoms with E-state index in [1.807, 2.05) is 20.8 Å². The number of carbonyl (C=O) groups excluding carboxylic acids is 2. The van der Waals surface area contributed by atoms with Gasteiger partial charge in [0, 0.05) is 20.5 Å². The minimum Gasteiger partial charge on any atom is -0.445 e. The van der Waals surface area contributed by atoms with Crippen LogP contribution in [-0.4, -0.2) is 46.6 Å².